The number of aryl methyl sites for hydroxylation is 1. The van der Waals surface area contributed by atoms with Gasteiger partial charge in [0.2, 0.25) is 0 Å². The molecule has 2 aromatic carbocycles. The fourth-order valence-electron chi connectivity index (χ4n) is 6.26. The third-order valence-corrected chi connectivity index (χ3v) is 9.99. The SMILES string of the molecule is CCc1cc2c(cc3n2C[C@](C(=O)NC2CCCCCC2)(c2ccccc2)N(Cc2ccccc2Cl)C3=O)s1. The van der Waals surface area contributed by atoms with Crippen molar-refractivity contribution in [2.24, 2.45) is 0 Å². The molecule has 0 bridgehead atoms. The summed E-state index contributed by atoms with van der Waals surface area (Å²) in [6.45, 7) is 2.74. The van der Waals surface area contributed by atoms with Gasteiger partial charge in [-0.3, -0.25) is 9.59 Å². The van der Waals surface area contributed by atoms with Gasteiger partial charge < -0.3 is 14.8 Å². The highest BCUT2D eigenvalue weighted by atomic mass is 35.5. The van der Waals surface area contributed by atoms with Gasteiger partial charge in [0.25, 0.3) is 11.8 Å². The van der Waals surface area contributed by atoms with Crippen molar-refractivity contribution in [3.63, 3.8) is 0 Å². The number of nitrogens with one attached hydrogen (secondary N) is 1. The maximum Gasteiger partial charge on any atom is 0.272 e. The number of benzene rings is 2. The third-order valence-electron chi connectivity index (χ3n) is 8.40. The van der Waals surface area contributed by atoms with E-state index in [-0.39, 0.29) is 24.4 Å². The van der Waals surface area contributed by atoms with E-state index in [0.29, 0.717) is 17.3 Å². The Hall–Kier alpha value is -3.09. The Kier molecular flexibility index (Phi) is 7.25. The molecule has 1 saturated carbocycles. The zero-order valence-electron chi connectivity index (χ0n) is 22.3. The summed E-state index contributed by atoms with van der Waals surface area (Å²) in [7, 11) is 0. The van der Waals surface area contributed by atoms with Crippen molar-refractivity contribution < 1.29 is 9.59 Å². The molecule has 202 valence electrons. The van der Waals surface area contributed by atoms with Crippen LogP contribution in [0.25, 0.3) is 10.2 Å². The van der Waals surface area contributed by atoms with E-state index in [0.717, 1.165) is 53.4 Å². The van der Waals surface area contributed by atoms with Gasteiger partial charge in [-0.2, -0.15) is 0 Å². The molecular weight excluding hydrogens is 526 g/mol. The number of carbonyl (C=O) groups excluding carboxylic acids is 2. The molecule has 4 aromatic rings. The van der Waals surface area contributed by atoms with E-state index in [1.165, 1.54) is 17.7 Å². The molecule has 1 aliphatic heterocycles. The Balaban J connectivity index is 1.53. The van der Waals surface area contributed by atoms with Crippen LogP contribution in [0.5, 0.6) is 0 Å². The molecule has 2 amide bonds. The topological polar surface area (TPSA) is 54.3 Å². The zero-order chi connectivity index (χ0) is 27.0. The molecule has 0 unspecified atom stereocenters. The quantitative estimate of drug-likeness (QED) is 0.252. The second-order valence-corrected chi connectivity index (χ2v) is 12.4. The lowest BCUT2D eigenvalue weighted by atomic mass is 9.83. The van der Waals surface area contributed by atoms with Crippen molar-refractivity contribution in [3.05, 3.63) is 93.5 Å². The van der Waals surface area contributed by atoms with Crippen LogP contribution in [0.3, 0.4) is 0 Å². The Morgan fingerprint density at radius 1 is 1.03 bits per heavy atom. The highest BCUT2D eigenvalue weighted by Crippen LogP contribution is 2.42. The van der Waals surface area contributed by atoms with Crippen molar-refractivity contribution in [1.82, 2.24) is 14.8 Å². The number of hydrogen-bond donors (Lipinski definition) is 1. The van der Waals surface area contributed by atoms with Crippen molar-refractivity contribution in [2.45, 2.75) is 76.5 Å². The molecule has 1 atom stereocenters. The molecular formula is C32H34ClN3O2S. The number of hydrogen-bond acceptors (Lipinski definition) is 3. The molecule has 2 aliphatic rings. The molecule has 0 radical (unpaired) electrons. The smallest absolute Gasteiger partial charge is 0.272 e. The second kappa shape index (κ2) is 10.8. The number of halogens is 1. The van der Waals surface area contributed by atoms with E-state index in [4.69, 9.17) is 11.6 Å². The summed E-state index contributed by atoms with van der Waals surface area (Å²) in [5, 5.41) is 4.02. The fourth-order valence-corrected chi connectivity index (χ4v) is 7.50. The van der Waals surface area contributed by atoms with Gasteiger partial charge in [0, 0.05) is 22.5 Å². The first-order valence-corrected chi connectivity index (χ1v) is 15.2. The highest BCUT2D eigenvalue weighted by molar-refractivity contribution is 7.19. The second-order valence-electron chi connectivity index (χ2n) is 10.8. The predicted molar refractivity (Wildman–Crippen MR) is 158 cm³/mol. The van der Waals surface area contributed by atoms with Crippen LogP contribution >= 0.6 is 22.9 Å². The molecule has 0 saturated heterocycles. The van der Waals surface area contributed by atoms with Crippen LogP contribution in [0.4, 0.5) is 0 Å². The van der Waals surface area contributed by atoms with Gasteiger partial charge in [0.15, 0.2) is 5.54 Å². The number of nitrogens with zero attached hydrogens (tertiary/aromatic N) is 2. The Bertz CT molecular complexity index is 1500. The molecule has 1 fully saturated rings. The van der Waals surface area contributed by atoms with Crippen LogP contribution < -0.4 is 5.32 Å². The maximum atomic E-state index is 14.7. The molecule has 5 nitrogen and oxygen atoms in total. The molecule has 7 heteroatoms. The Morgan fingerprint density at radius 3 is 2.46 bits per heavy atom. The summed E-state index contributed by atoms with van der Waals surface area (Å²) in [5.74, 6) is -0.262. The summed E-state index contributed by atoms with van der Waals surface area (Å²) >= 11 is 8.34. The van der Waals surface area contributed by atoms with Crippen LogP contribution in [0.2, 0.25) is 5.02 Å². The number of amides is 2. The largest absolute Gasteiger partial charge is 0.351 e. The van der Waals surface area contributed by atoms with Crippen molar-refractivity contribution in [3.8, 4) is 0 Å². The standard InChI is InChI=1S/C32H34ClN3O2S/c1-2-25-18-27-29(39-25)19-28-30(37)36(20-22-12-10-11-17-26(22)33)32(21-35(27)28,23-13-6-5-7-14-23)31(38)34-24-15-8-3-4-9-16-24/h5-7,10-14,17-19,24H,2-4,8-9,15-16,20-21H2,1H3,(H,34,38)/t32-/m1/s1. The summed E-state index contributed by atoms with van der Waals surface area (Å²) in [5.41, 5.74) is 2.07. The Morgan fingerprint density at radius 2 is 1.74 bits per heavy atom. The lowest BCUT2D eigenvalue weighted by Crippen LogP contribution is -2.64. The first-order chi connectivity index (χ1) is 19.0. The van der Waals surface area contributed by atoms with Gasteiger partial charge >= 0.3 is 0 Å². The summed E-state index contributed by atoms with van der Waals surface area (Å²) in [6, 6.07) is 21.7. The maximum absolute atomic E-state index is 14.7. The highest BCUT2D eigenvalue weighted by Gasteiger charge is 2.53. The monoisotopic (exact) mass is 559 g/mol. The number of carbonyl (C=O) groups is 2. The molecule has 6 rings (SSSR count). The van der Waals surface area contributed by atoms with Gasteiger partial charge in [-0.05, 0) is 48.6 Å². The average Bonchev–Trinajstić information content (AvgIpc) is 3.40. The van der Waals surface area contributed by atoms with Crippen LogP contribution in [-0.2, 0) is 29.8 Å². The van der Waals surface area contributed by atoms with E-state index in [9.17, 15) is 9.59 Å². The number of aromatic nitrogens is 1. The molecule has 3 heterocycles. The molecule has 0 spiro atoms. The van der Waals surface area contributed by atoms with Crippen LogP contribution in [0.15, 0.2) is 66.7 Å². The number of rotatable bonds is 6. The zero-order valence-corrected chi connectivity index (χ0v) is 23.9. The van der Waals surface area contributed by atoms with Crippen molar-refractivity contribution in [2.75, 3.05) is 0 Å². The summed E-state index contributed by atoms with van der Waals surface area (Å²) < 4.78 is 3.16. The normalized spacial score (nSPS) is 20.2. The third kappa shape index (κ3) is 4.68. The van der Waals surface area contributed by atoms with E-state index < -0.39 is 5.54 Å². The first-order valence-electron chi connectivity index (χ1n) is 14.0. The van der Waals surface area contributed by atoms with Gasteiger partial charge in [0.1, 0.15) is 5.69 Å². The molecule has 2 aromatic heterocycles. The van der Waals surface area contributed by atoms with Crippen LogP contribution in [0, 0.1) is 0 Å². The molecule has 1 aliphatic carbocycles. The summed E-state index contributed by atoms with van der Waals surface area (Å²) in [6.07, 6.45) is 7.52. The van der Waals surface area contributed by atoms with Crippen LogP contribution in [0.1, 0.15) is 71.9 Å². The predicted octanol–water partition coefficient (Wildman–Crippen LogP) is 7.31. The first kappa shape index (κ1) is 26.1. The minimum Gasteiger partial charge on any atom is -0.351 e. The number of fused-ring (bicyclic) bond motifs is 3. The lowest BCUT2D eigenvalue weighted by molar-refractivity contribution is -0.136. The summed E-state index contributed by atoms with van der Waals surface area (Å²) in [4.78, 5) is 32.2. The minimum absolute atomic E-state index is 0.108. The van der Waals surface area contributed by atoms with Crippen LogP contribution in [-0.4, -0.2) is 27.3 Å². The van der Waals surface area contributed by atoms with E-state index >= 15 is 0 Å². The van der Waals surface area contributed by atoms with Gasteiger partial charge in [-0.25, -0.2) is 0 Å². The van der Waals surface area contributed by atoms with E-state index in [1.807, 2.05) is 60.7 Å². The number of thiophene rings is 1. The van der Waals surface area contributed by atoms with Gasteiger partial charge in [-0.15, -0.1) is 11.3 Å². The van der Waals surface area contributed by atoms with Gasteiger partial charge in [-0.1, -0.05) is 92.7 Å². The fraction of sp³-hybridized carbons (Fsp3) is 0.375. The van der Waals surface area contributed by atoms with Crippen molar-refractivity contribution in [1.29, 1.82) is 0 Å². The van der Waals surface area contributed by atoms with Gasteiger partial charge in [0.05, 0.1) is 16.8 Å². The van der Waals surface area contributed by atoms with E-state index in [1.54, 1.807) is 16.2 Å². The van der Waals surface area contributed by atoms with Crippen molar-refractivity contribution >= 4 is 45.0 Å². The minimum atomic E-state index is -1.23. The average molecular weight is 560 g/mol. The molecule has 39 heavy (non-hydrogen) atoms. The molecule has 1 N–H and O–H groups in total. The Labute approximate surface area is 238 Å². The lowest BCUT2D eigenvalue weighted by Gasteiger charge is -2.47. The van der Waals surface area contributed by atoms with E-state index in [2.05, 4.69) is 22.9 Å².